The van der Waals surface area contributed by atoms with Crippen molar-refractivity contribution in [1.29, 1.82) is 0 Å². The second-order valence-corrected chi connectivity index (χ2v) is 11.6. The van der Waals surface area contributed by atoms with Gasteiger partial charge in [0.05, 0.1) is 17.8 Å². The molecule has 1 fully saturated rings. The molecule has 2 atom stereocenters. The van der Waals surface area contributed by atoms with Gasteiger partial charge >= 0.3 is 12.1 Å². The van der Waals surface area contributed by atoms with Crippen LogP contribution in [0.1, 0.15) is 84.5 Å². The van der Waals surface area contributed by atoms with Gasteiger partial charge in [0, 0.05) is 24.7 Å². The van der Waals surface area contributed by atoms with Crippen LogP contribution in [0, 0.1) is 18.6 Å². The molecule has 0 spiro atoms. The highest BCUT2D eigenvalue weighted by Crippen LogP contribution is 2.36. The van der Waals surface area contributed by atoms with Crippen LogP contribution < -0.4 is 10.6 Å². The minimum absolute atomic E-state index is 0.0613. The fourth-order valence-corrected chi connectivity index (χ4v) is 6.30. The molecule has 2 aromatic heterocycles. The molecular weight excluding hydrogens is 643 g/mol. The van der Waals surface area contributed by atoms with Crippen LogP contribution in [0.15, 0.2) is 42.6 Å². The number of amides is 3. The first-order chi connectivity index (χ1) is 22.7. The lowest BCUT2D eigenvalue weighted by molar-refractivity contribution is -0.141. The molecular formula is C32H27F5N6O5. The van der Waals surface area contributed by atoms with Crippen molar-refractivity contribution < 1.29 is 46.2 Å². The number of carboxylic acids is 1. The molecule has 1 aliphatic carbocycles. The van der Waals surface area contributed by atoms with Crippen LogP contribution in [-0.2, 0) is 23.9 Å². The summed E-state index contributed by atoms with van der Waals surface area (Å²) in [5.41, 5.74) is -0.0543. The summed E-state index contributed by atoms with van der Waals surface area (Å²) >= 11 is 0. The zero-order valence-corrected chi connectivity index (χ0v) is 25.2. The molecule has 250 valence electrons. The molecule has 3 N–H and O–H groups in total. The van der Waals surface area contributed by atoms with Crippen LogP contribution in [0.3, 0.4) is 0 Å². The Balaban J connectivity index is 1.22. The van der Waals surface area contributed by atoms with Crippen LogP contribution in [0.2, 0.25) is 0 Å². The summed E-state index contributed by atoms with van der Waals surface area (Å²) in [5, 5.41) is 18.6. The van der Waals surface area contributed by atoms with Crippen molar-refractivity contribution in [3.05, 3.63) is 99.0 Å². The summed E-state index contributed by atoms with van der Waals surface area (Å²) in [7, 11) is 0. The van der Waals surface area contributed by atoms with Gasteiger partial charge in [-0.3, -0.25) is 14.4 Å². The van der Waals surface area contributed by atoms with Crippen molar-refractivity contribution in [1.82, 2.24) is 30.1 Å². The highest BCUT2D eigenvalue weighted by molar-refractivity contribution is 5.99. The number of likely N-dealkylation sites (tertiary alicyclic amines) is 1. The molecule has 2 aromatic carbocycles. The Morgan fingerprint density at radius 2 is 1.79 bits per heavy atom. The minimum Gasteiger partial charge on any atom is -0.480 e. The zero-order chi connectivity index (χ0) is 34.5. The van der Waals surface area contributed by atoms with Gasteiger partial charge in [0.2, 0.25) is 0 Å². The van der Waals surface area contributed by atoms with E-state index in [-0.39, 0.29) is 17.2 Å². The Bertz CT molecular complexity index is 1990. The van der Waals surface area contributed by atoms with E-state index >= 15 is 0 Å². The largest absolute Gasteiger partial charge is 0.480 e. The Labute approximate surface area is 268 Å². The second kappa shape index (κ2) is 12.3. The van der Waals surface area contributed by atoms with Gasteiger partial charge in [-0.1, -0.05) is 12.1 Å². The van der Waals surface area contributed by atoms with Crippen LogP contribution in [0.5, 0.6) is 0 Å². The van der Waals surface area contributed by atoms with Crippen LogP contribution in [0.4, 0.5) is 22.0 Å². The van der Waals surface area contributed by atoms with E-state index in [9.17, 15) is 46.2 Å². The third kappa shape index (κ3) is 5.93. The molecule has 2 aliphatic rings. The standard InChI is InChI=1S/C32H27F5N6O5/c1-15-17-7-9-23(19(17)6-5-18(15)30(46)42-10-2-3-25(42)31(47)48)41-29(45)26-12-24(40-27-22(34)14-39-43(26)27)28(44)38-13-16-4-8-21(33)20(11-16)32(35,36)37/h4-6,8,11-12,14,23,25H,2-3,7,9-10,13H2,1H3,(H,38,44)(H,41,45)(H,47,48)/t23-,25+/m0/s1. The Kier molecular flexibility index (Phi) is 8.35. The Hall–Kier alpha value is -5.41. The number of benzene rings is 2. The Morgan fingerprint density at radius 1 is 1.02 bits per heavy atom. The molecule has 1 saturated heterocycles. The van der Waals surface area contributed by atoms with Gasteiger partial charge in [0.15, 0.2) is 11.5 Å². The van der Waals surface area contributed by atoms with E-state index in [1.807, 2.05) is 0 Å². The number of aromatic nitrogens is 3. The maximum Gasteiger partial charge on any atom is 0.419 e. The average molecular weight is 671 g/mol. The van der Waals surface area contributed by atoms with Crippen molar-refractivity contribution in [2.24, 2.45) is 0 Å². The number of halogens is 5. The number of carbonyl (C=O) groups excluding carboxylic acids is 3. The molecule has 48 heavy (non-hydrogen) atoms. The predicted octanol–water partition coefficient (Wildman–Crippen LogP) is 4.37. The molecule has 0 bridgehead atoms. The highest BCUT2D eigenvalue weighted by atomic mass is 19.4. The van der Waals surface area contributed by atoms with Crippen molar-refractivity contribution in [2.75, 3.05) is 6.54 Å². The van der Waals surface area contributed by atoms with Crippen LogP contribution in [0.25, 0.3) is 5.65 Å². The van der Waals surface area contributed by atoms with E-state index in [2.05, 4.69) is 20.7 Å². The molecule has 3 heterocycles. The maximum atomic E-state index is 14.6. The molecule has 11 nitrogen and oxygen atoms in total. The van der Waals surface area contributed by atoms with Crippen molar-refractivity contribution in [3.8, 4) is 0 Å². The monoisotopic (exact) mass is 670 g/mol. The van der Waals surface area contributed by atoms with Gasteiger partial charge in [-0.2, -0.15) is 18.3 Å². The van der Waals surface area contributed by atoms with Gasteiger partial charge in [-0.15, -0.1) is 0 Å². The minimum atomic E-state index is -4.95. The van der Waals surface area contributed by atoms with E-state index in [1.54, 1.807) is 19.1 Å². The summed E-state index contributed by atoms with van der Waals surface area (Å²) in [6.45, 7) is 1.65. The summed E-state index contributed by atoms with van der Waals surface area (Å²) in [5.74, 6) is -5.51. The van der Waals surface area contributed by atoms with Gasteiger partial charge < -0.3 is 20.6 Å². The van der Waals surface area contributed by atoms with Gasteiger partial charge in [-0.05, 0) is 73.1 Å². The first-order valence-electron chi connectivity index (χ1n) is 14.9. The summed E-state index contributed by atoms with van der Waals surface area (Å²) < 4.78 is 68.5. The van der Waals surface area contributed by atoms with Crippen LogP contribution in [-0.4, -0.2) is 60.9 Å². The van der Waals surface area contributed by atoms with E-state index in [1.165, 1.54) is 4.90 Å². The SMILES string of the molecule is Cc1c(C(=O)N2CCC[C@@H]2C(=O)O)ccc2c1CC[C@@H]2NC(=O)c1cc(C(=O)NCc2ccc(F)c(C(F)(F)F)c2)nc2c(F)cnn12. The zero-order valence-electron chi connectivity index (χ0n) is 25.2. The third-order valence-corrected chi connectivity index (χ3v) is 8.71. The third-order valence-electron chi connectivity index (χ3n) is 8.71. The lowest BCUT2D eigenvalue weighted by Crippen LogP contribution is -2.40. The number of nitrogens with one attached hydrogen (secondary N) is 2. The fraction of sp³-hybridized carbons (Fsp3) is 0.312. The highest BCUT2D eigenvalue weighted by Gasteiger charge is 2.37. The first kappa shape index (κ1) is 32.5. The lowest BCUT2D eigenvalue weighted by atomic mass is 9.97. The van der Waals surface area contributed by atoms with E-state index in [0.717, 1.165) is 34.0 Å². The fourth-order valence-electron chi connectivity index (χ4n) is 6.30. The van der Waals surface area contributed by atoms with Crippen molar-refractivity contribution in [2.45, 2.75) is 57.4 Å². The summed E-state index contributed by atoms with van der Waals surface area (Å²) in [4.78, 5) is 56.8. The van der Waals surface area contributed by atoms with Gasteiger partial charge in [0.25, 0.3) is 17.7 Å². The van der Waals surface area contributed by atoms with Gasteiger partial charge in [-0.25, -0.2) is 23.1 Å². The number of carbonyl (C=O) groups is 4. The first-order valence-corrected chi connectivity index (χ1v) is 14.9. The molecule has 6 rings (SSSR count). The number of rotatable bonds is 7. The molecule has 0 radical (unpaired) electrons. The Morgan fingerprint density at radius 3 is 2.52 bits per heavy atom. The summed E-state index contributed by atoms with van der Waals surface area (Å²) in [6.07, 6.45) is -2.22. The molecule has 1 aliphatic heterocycles. The molecule has 3 amide bonds. The quantitative estimate of drug-likeness (QED) is 0.248. The van der Waals surface area contributed by atoms with E-state index in [4.69, 9.17) is 0 Å². The maximum absolute atomic E-state index is 14.6. The number of alkyl halides is 3. The molecule has 0 saturated carbocycles. The molecule has 0 unspecified atom stereocenters. The van der Waals surface area contributed by atoms with Crippen LogP contribution >= 0.6 is 0 Å². The lowest BCUT2D eigenvalue weighted by Gasteiger charge is -2.23. The topological polar surface area (TPSA) is 146 Å². The number of hydrogen-bond acceptors (Lipinski definition) is 6. The molecule has 16 heteroatoms. The number of nitrogens with zero attached hydrogens (tertiary/aromatic N) is 4. The normalized spacial score (nSPS) is 17.4. The number of hydrogen-bond donors (Lipinski definition) is 3. The van der Waals surface area contributed by atoms with E-state index < -0.39 is 71.1 Å². The average Bonchev–Trinajstić information content (AvgIpc) is 3.79. The predicted molar refractivity (Wildman–Crippen MR) is 157 cm³/mol. The van der Waals surface area contributed by atoms with Crippen molar-refractivity contribution >= 4 is 29.3 Å². The number of fused-ring (bicyclic) bond motifs is 2. The van der Waals surface area contributed by atoms with Gasteiger partial charge in [0.1, 0.15) is 23.2 Å². The number of carboxylic acid groups (broad SMARTS) is 1. The second-order valence-electron chi connectivity index (χ2n) is 11.6. The molecule has 4 aromatic rings. The summed E-state index contributed by atoms with van der Waals surface area (Å²) in [6, 6.07) is 5.20. The smallest absolute Gasteiger partial charge is 0.419 e. The van der Waals surface area contributed by atoms with Crippen molar-refractivity contribution in [3.63, 3.8) is 0 Å². The number of aliphatic carboxylic acids is 1. The van der Waals surface area contributed by atoms with E-state index in [0.29, 0.717) is 55.5 Å².